The van der Waals surface area contributed by atoms with Crippen LogP contribution in [0.4, 0.5) is 24.0 Å². The van der Waals surface area contributed by atoms with Gasteiger partial charge in [0.25, 0.3) is 0 Å². The fourth-order valence-corrected chi connectivity index (χ4v) is 4.07. The molecule has 0 spiro atoms. The molecular formula is C19H17F3N4O2S2. The first-order chi connectivity index (χ1) is 14.3. The van der Waals surface area contributed by atoms with Gasteiger partial charge in [-0.3, -0.25) is 4.79 Å². The van der Waals surface area contributed by atoms with E-state index in [1.807, 2.05) is 30.3 Å². The molecule has 0 radical (unpaired) electrons. The van der Waals surface area contributed by atoms with Gasteiger partial charge in [0.1, 0.15) is 5.75 Å². The van der Waals surface area contributed by atoms with Crippen LogP contribution in [0.2, 0.25) is 0 Å². The predicted molar refractivity (Wildman–Crippen MR) is 110 cm³/mol. The van der Waals surface area contributed by atoms with Gasteiger partial charge in [0.15, 0.2) is 4.34 Å². The van der Waals surface area contributed by atoms with Gasteiger partial charge < -0.3 is 15.0 Å². The van der Waals surface area contributed by atoms with Crippen molar-refractivity contribution < 1.29 is 22.7 Å². The van der Waals surface area contributed by atoms with Crippen LogP contribution in [0, 0.1) is 0 Å². The quantitative estimate of drug-likeness (QED) is 0.487. The first-order valence-corrected chi connectivity index (χ1v) is 10.5. The monoisotopic (exact) mass is 454 g/mol. The Morgan fingerprint density at radius 1 is 1.13 bits per heavy atom. The van der Waals surface area contributed by atoms with Crippen molar-refractivity contribution in [3.8, 4) is 5.75 Å². The zero-order valence-corrected chi connectivity index (χ0v) is 17.4. The van der Waals surface area contributed by atoms with Crippen molar-refractivity contribution in [1.82, 2.24) is 15.1 Å². The van der Waals surface area contributed by atoms with Gasteiger partial charge in [0, 0.05) is 19.3 Å². The predicted octanol–water partition coefficient (Wildman–Crippen LogP) is 4.93. The minimum atomic E-state index is -4.73. The van der Waals surface area contributed by atoms with E-state index in [0.717, 1.165) is 5.56 Å². The van der Waals surface area contributed by atoms with E-state index in [2.05, 4.69) is 20.3 Å². The maximum atomic E-state index is 12.3. The van der Waals surface area contributed by atoms with Crippen LogP contribution in [-0.4, -0.2) is 40.2 Å². The number of benzene rings is 2. The average Bonchev–Trinajstić information content (AvgIpc) is 3.14. The number of carbonyl (C=O) groups is 1. The number of amides is 1. The third kappa shape index (κ3) is 6.92. The second kappa shape index (κ2) is 9.81. The Kier molecular flexibility index (Phi) is 7.16. The zero-order valence-electron chi connectivity index (χ0n) is 15.7. The fourth-order valence-electron chi connectivity index (χ4n) is 2.36. The Morgan fingerprint density at radius 3 is 2.50 bits per heavy atom. The van der Waals surface area contributed by atoms with Crippen molar-refractivity contribution in [3.63, 3.8) is 0 Å². The largest absolute Gasteiger partial charge is 0.573 e. The molecule has 0 aliphatic carbocycles. The summed E-state index contributed by atoms with van der Waals surface area (Å²) in [7, 11) is 1.75. The highest BCUT2D eigenvalue weighted by molar-refractivity contribution is 8.01. The van der Waals surface area contributed by atoms with Crippen molar-refractivity contribution >= 4 is 39.8 Å². The van der Waals surface area contributed by atoms with Crippen LogP contribution in [0.25, 0.3) is 0 Å². The molecule has 3 rings (SSSR count). The molecule has 0 aliphatic rings. The average molecular weight is 454 g/mol. The number of rotatable bonds is 8. The summed E-state index contributed by atoms with van der Waals surface area (Å²) in [6.07, 6.45) is -4.73. The van der Waals surface area contributed by atoms with Crippen LogP contribution in [0.3, 0.4) is 0 Å². The molecule has 0 atom stereocenters. The van der Waals surface area contributed by atoms with Crippen molar-refractivity contribution in [3.05, 3.63) is 60.2 Å². The molecule has 11 heteroatoms. The molecule has 158 valence electrons. The maximum Gasteiger partial charge on any atom is 0.573 e. The number of anilines is 2. The summed E-state index contributed by atoms with van der Waals surface area (Å²) in [5.74, 6) is -0.116. The minimum Gasteiger partial charge on any atom is -0.406 e. The van der Waals surface area contributed by atoms with Gasteiger partial charge in [0.05, 0.1) is 5.75 Å². The maximum absolute atomic E-state index is 12.3. The van der Waals surface area contributed by atoms with Gasteiger partial charge in [-0.1, -0.05) is 53.4 Å². The van der Waals surface area contributed by atoms with E-state index in [-0.39, 0.29) is 17.4 Å². The summed E-state index contributed by atoms with van der Waals surface area (Å²) in [4.78, 5) is 13.9. The summed E-state index contributed by atoms with van der Waals surface area (Å²) in [6, 6.07) is 15.0. The highest BCUT2D eigenvalue weighted by atomic mass is 32.2. The molecule has 3 aromatic rings. The lowest BCUT2D eigenvalue weighted by Crippen LogP contribution is -2.27. The number of nitrogens with one attached hydrogen (secondary N) is 1. The molecule has 6 nitrogen and oxygen atoms in total. The third-order valence-corrected chi connectivity index (χ3v) is 5.71. The zero-order chi connectivity index (χ0) is 21.6. The molecule has 1 heterocycles. The van der Waals surface area contributed by atoms with Gasteiger partial charge in [-0.15, -0.1) is 23.4 Å². The molecule has 0 fully saturated rings. The molecule has 1 amide bonds. The Bertz CT molecular complexity index is 966. The number of thioether (sulfide) groups is 1. The Labute approximate surface area is 179 Å². The Hall–Kier alpha value is -2.79. The number of alkyl halides is 3. The smallest absolute Gasteiger partial charge is 0.406 e. The van der Waals surface area contributed by atoms with Crippen molar-refractivity contribution in [1.29, 1.82) is 0 Å². The number of ether oxygens (including phenoxy) is 1. The van der Waals surface area contributed by atoms with Crippen LogP contribution in [-0.2, 0) is 11.3 Å². The molecule has 30 heavy (non-hydrogen) atoms. The Morgan fingerprint density at radius 2 is 1.83 bits per heavy atom. The molecule has 1 N–H and O–H groups in total. The number of carbonyl (C=O) groups excluding carboxylic acids is 1. The lowest BCUT2D eigenvalue weighted by molar-refractivity contribution is -0.274. The van der Waals surface area contributed by atoms with E-state index in [4.69, 9.17) is 0 Å². The lowest BCUT2D eigenvalue weighted by Gasteiger charge is -2.16. The van der Waals surface area contributed by atoms with E-state index in [1.54, 1.807) is 11.9 Å². The number of hydrogen-bond donors (Lipinski definition) is 1. The second-order valence-electron chi connectivity index (χ2n) is 6.09. The van der Waals surface area contributed by atoms with Crippen molar-refractivity contribution in [2.45, 2.75) is 17.2 Å². The van der Waals surface area contributed by atoms with Crippen LogP contribution < -0.4 is 10.1 Å². The fraction of sp³-hybridized carbons (Fsp3) is 0.211. The molecule has 1 aromatic heterocycles. The highest BCUT2D eigenvalue weighted by Crippen LogP contribution is 2.29. The molecule has 0 saturated heterocycles. The number of halogens is 3. The Balaban J connectivity index is 1.48. The molecule has 0 unspecified atom stereocenters. The third-order valence-electron chi connectivity index (χ3n) is 3.75. The summed E-state index contributed by atoms with van der Waals surface area (Å²) in [6.45, 7) is 0.525. The van der Waals surface area contributed by atoms with Crippen LogP contribution in [0.15, 0.2) is 58.9 Å². The van der Waals surface area contributed by atoms with Gasteiger partial charge in [-0.05, 0) is 29.8 Å². The summed E-state index contributed by atoms with van der Waals surface area (Å²) in [5, 5.41) is 11.4. The van der Waals surface area contributed by atoms with Crippen molar-refractivity contribution in [2.24, 2.45) is 0 Å². The van der Waals surface area contributed by atoms with Crippen LogP contribution >= 0.6 is 23.1 Å². The van der Waals surface area contributed by atoms with Gasteiger partial charge in [-0.25, -0.2) is 0 Å². The van der Waals surface area contributed by atoms with Crippen molar-refractivity contribution in [2.75, 3.05) is 18.1 Å². The topological polar surface area (TPSA) is 67.4 Å². The van der Waals surface area contributed by atoms with Gasteiger partial charge >= 0.3 is 6.36 Å². The normalized spacial score (nSPS) is 11.2. The minimum absolute atomic E-state index is 0.0335. The van der Waals surface area contributed by atoms with E-state index in [1.165, 1.54) is 47.4 Å². The number of nitrogens with zero attached hydrogens (tertiary/aromatic N) is 3. The summed E-state index contributed by atoms with van der Waals surface area (Å²) < 4.78 is 41.0. The molecule has 0 saturated carbocycles. The van der Waals surface area contributed by atoms with E-state index in [9.17, 15) is 18.0 Å². The first kappa shape index (κ1) is 21.9. The van der Waals surface area contributed by atoms with Crippen LogP contribution in [0.1, 0.15) is 5.56 Å². The summed E-state index contributed by atoms with van der Waals surface area (Å²) >= 11 is 2.52. The number of aromatic nitrogens is 2. The molecular weight excluding hydrogens is 437 g/mol. The van der Waals surface area contributed by atoms with Gasteiger partial charge in [-0.2, -0.15) is 0 Å². The van der Waals surface area contributed by atoms with E-state index >= 15 is 0 Å². The molecule has 2 aromatic carbocycles. The van der Waals surface area contributed by atoms with Gasteiger partial charge in [0.2, 0.25) is 11.0 Å². The van der Waals surface area contributed by atoms with E-state index < -0.39 is 6.36 Å². The van der Waals surface area contributed by atoms with Crippen LogP contribution in [0.5, 0.6) is 5.75 Å². The lowest BCUT2D eigenvalue weighted by atomic mass is 10.2. The molecule has 0 bridgehead atoms. The summed E-state index contributed by atoms with van der Waals surface area (Å²) in [5.41, 5.74) is 1.59. The number of hydrogen-bond acceptors (Lipinski definition) is 7. The SMILES string of the molecule is CN(Cc1ccccc1)C(=O)CSc1nnc(Nc2ccc(OC(F)(F)F)cc2)s1. The standard InChI is InChI=1S/C19H17F3N4O2S2/c1-26(11-13-5-3-2-4-6-13)16(27)12-29-18-25-24-17(30-18)23-14-7-9-15(10-8-14)28-19(20,21)22/h2-10H,11-12H2,1H3,(H,23,24). The highest BCUT2D eigenvalue weighted by Gasteiger charge is 2.30. The van der Waals surface area contributed by atoms with E-state index in [0.29, 0.717) is 21.7 Å². The first-order valence-electron chi connectivity index (χ1n) is 8.65. The molecule has 0 aliphatic heterocycles. The second-order valence-corrected chi connectivity index (χ2v) is 8.29.